The van der Waals surface area contributed by atoms with Crippen LogP contribution in [0.1, 0.15) is 39.9 Å². The third kappa shape index (κ3) is 3.21. The molecule has 1 spiro atoms. The van der Waals surface area contributed by atoms with E-state index in [0.29, 0.717) is 22.7 Å². The van der Waals surface area contributed by atoms with E-state index in [2.05, 4.69) is 20.2 Å². The normalized spacial score (nSPS) is 23.8. The Morgan fingerprint density at radius 2 is 2.13 bits per heavy atom. The van der Waals surface area contributed by atoms with E-state index in [0.717, 1.165) is 43.4 Å². The lowest BCUT2D eigenvalue weighted by Crippen LogP contribution is -2.40. The van der Waals surface area contributed by atoms with Gasteiger partial charge >= 0.3 is 5.92 Å². The lowest BCUT2D eigenvalue weighted by Gasteiger charge is -2.46. The zero-order chi connectivity index (χ0) is 20.9. The molecule has 0 atom stereocenters. The van der Waals surface area contributed by atoms with Gasteiger partial charge in [0.25, 0.3) is 5.91 Å². The molecule has 1 aliphatic heterocycles. The van der Waals surface area contributed by atoms with Crippen LogP contribution in [0.4, 0.5) is 14.7 Å². The number of carbonyl (C=O) groups excluding carboxylic acids is 1. The summed E-state index contributed by atoms with van der Waals surface area (Å²) in [7, 11) is 0. The second-order valence-corrected chi connectivity index (χ2v) is 9.35. The number of aliphatic hydroxyl groups is 1. The molecule has 1 aromatic carbocycles. The predicted octanol–water partition coefficient (Wildman–Crippen LogP) is 3.75. The number of para-hydroxylation sites is 2. The van der Waals surface area contributed by atoms with Crippen molar-refractivity contribution in [3.63, 3.8) is 0 Å². The minimum absolute atomic E-state index is 0.154. The number of aromatic nitrogens is 2. The Balaban J connectivity index is 1.43. The van der Waals surface area contributed by atoms with Gasteiger partial charge < -0.3 is 15.0 Å². The number of hydrogen-bond donors (Lipinski definition) is 3. The van der Waals surface area contributed by atoms with Crippen molar-refractivity contribution in [1.29, 1.82) is 0 Å². The minimum Gasteiger partial charge on any atom is -0.390 e. The van der Waals surface area contributed by atoms with Crippen LogP contribution >= 0.6 is 11.3 Å². The summed E-state index contributed by atoms with van der Waals surface area (Å²) < 4.78 is 29.5. The molecule has 5 rings (SSSR count). The molecule has 1 amide bonds. The van der Waals surface area contributed by atoms with Gasteiger partial charge in [-0.05, 0) is 55.5 Å². The summed E-state index contributed by atoms with van der Waals surface area (Å²) in [5, 5.41) is 15.1. The fourth-order valence-electron chi connectivity index (χ4n) is 4.67. The maximum Gasteiger partial charge on any atom is 0.304 e. The van der Waals surface area contributed by atoms with Crippen molar-refractivity contribution in [1.82, 2.24) is 14.9 Å². The standard InChI is InChI=1S/C21H22F2N4O2S/c22-21(23,12-28)17-6-5-16(30-17)18(29)26-19-25-14-3-1-2-4-15(14)27(19)13-9-20(10-13)7-8-24-11-20/h1-6,13,24,28H,7-12H2,(H,25,26,29)/t13-,20-. The van der Waals surface area contributed by atoms with Crippen molar-refractivity contribution in [3.05, 3.63) is 46.2 Å². The van der Waals surface area contributed by atoms with Gasteiger partial charge in [-0.2, -0.15) is 8.78 Å². The fraction of sp³-hybridized carbons (Fsp3) is 0.429. The van der Waals surface area contributed by atoms with Gasteiger partial charge in [-0.25, -0.2) is 4.98 Å². The Bertz CT molecular complexity index is 1100. The van der Waals surface area contributed by atoms with Crippen LogP contribution in [0.15, 0.2) is 36.4 Å². The molecule has 0 bridgehead atoms. The van der Waals surface area contributed by atoms with Crippen LogP contribution in [-0.2, 0) is 5.92 Å². The number of amides is 1. The van der Waals surface area contributed by atoms with Crippen LogP contribution in [0.3, 0.4) is 0 Å². The number of anilines is 1. The molecule has 1 aliphatic carbocycles. The molecule has 158 valence electrons. The molecule has 6 nitrogen and oxygen atoms in total. The first-order chi connectivity index (χ1) is 14.4. The number of rotatable bonds is 5. The molecule has 0 unspecified atom stereocenters. The molecule has 2 aliphatic rings. The number of hydrogen-bond acceptors (Lipinski definition) is 5. The van der Waals surface area contributed by atoms with E-state index >= 15 is 0 Å². The average Bonchev–Trinajstić information content (AvgIpc) is 3.44. The second-order valence-electron chi connectivity index (χ2n) is 8.26. The zero-order valence-corrected chi connectivity index (χ0v) is 17.0. The summed E-state index contributed by atoms with van der Waals surface area (Å²) in [4.78, 5) is 17.2. The lowest BCUT2D eigenvalue weighted by atomic mass is 9.65. The van der Waals surface area contributed by atoms with Gasteiger partial charge in [0.15, 0.2) is 0 Å². The molecule has 9 heteroatoms. The zero-order valence-electron chi connectivity index (χ0n) is 16.2. The highest BCUT2D eigenvalue weighted by atomic mass is 32.1. The summed E-state index contributed by atoms with van der Waals surface area (Å²) in [6, 6.07) is 10.5. The third-order valence-electron chi connectivity index (χ3n) is 6.24. The molecular weight excluding hydrogens is 410 g/mol. The highest BCUT2D eigenvalue weighted by molar-refractivity contribution is 7.14. The molecule has 1 saturated carbocycles. The van der Waals surface area contributed by atoms with Crippen molar-refractivity contribution in [2.75, 3.05) is 25.0 Å². The molecule has 3 N–H and O–H groups in total. The summed E-state index contributed by atoms with van der Waals surface area (Å²) >= 11 is 0.681. The summed E-state index contributed by atoms with van der Waals surface area (Å²) in [6.07, 6.45) is 3.21. The van der Waals surface area contributed by atoms with Gasteiger partial charge in [-0.3, -0.25) is 10.1 Å². The van der Waals surface area contributed by atoms with Crippen LogP contribution < -0.4 is 10.6 Å². The first kappa shape index (κ1) is 19.6. The fourth-order valence-corrected chi connectivity index (χ4v) is 5.53. The van der Waals surface area contributed by atoms with Crippen LogP contribution in [0.5, 0.6) is 0 Å². The van der Waals surface area contributed by atoms with Crippen LogP contribution in [0.25, 0.3) is 11.0 Å². The Morgan fingerprint density at radius 3 is 2.87 bits per heavy atom. The first-order valence-electron chi connectivity index (χ1n) is 9.99. The number of alkyl halides is 2. The van der Waals surface area contributed by atoms with E-state index in [1.807, 2.05) is 24.3 Å². The number of imidazole rings is 1. The van der Waals surface area contributed by atoms with Crippen molar-refractivity contribution in [2.24, 2.45) is 5.41 Å². The topological polar surface area (TPSA) is 79.2 Å². The summed E-state index contributed by atoms with van der Waals surface area (Å²) in [5.41, 5.74) is 2.07. The molecule has 0 radical (unpaired) electrons. The maximum absolute atomic E-state index is 13.7. The van der Waals surface area contributed by atoms with E-state index in [9.17, 15) is 13.6 Å². The van der Waals surface area contributed by atoms with Gasteiger partial charge in [0.2, 0.25) is 5.95 Å². The van der Waals surface area contributed by atoms with E-state index < -0.39 is 18.4 Å². The number of halogens is 2. The van der Waals surface area contributed by atoms with Crippen LogP contribution in [-0.4, -0.2) is 40.3 Å². The predicted molar refractivity (Wildman–Crippen MR) is 111 cm³/mol. The highest BCUT2D eigenvalue weighted by Crippen LogP contribution is 2.53. The van der Waals surface area contributed by atoms with E-state index in [4.69, 9.17) is 5.11 Å². The largest absolute Gasteiger partial charge is 0.390 e. The van der Waals surface area contributed by atoms with Crippen molar-refractivity contribution >= 4 is 34.2 Å². The Hall–Kier alpha value is -2.36. The molecule has 1 saturated heterocycles. The smallest absolute Gasteiger partial charge is 0.304 e. The van der Waals surface area contributed by atoms with Gasteiger partial charge in [0.05, 0.1) is 20.8 Å². The third-order valence-corrected chi connectivity index (χ3v) is 7.44. The molecule has 2 aromatic heterocycles. The SMILES string of the molecule is O=C(Nc1nc2ccccc2n1[C@H]1C[C@@]2(CCNC2)C1)c1ccc(C(F)(F)CO)s1. The lowest BCUT2D eigenvalue weighted by molar-refractivity contribution is -0.0524. The van der Waals surface area contributed by atoms with E-state index in [-0.39, 0.29) is 15.8 Å². The molecule has 3 heterocycles. The molecular formula is C21H22F2N4O2S. The van der Waals surface area contributed by atoms with E-state index in [1.165, 1.54) is 12.1 Å². The first-order valence-corrected chi connectivity index (χ1v) is 10.8. The quantitative estimate of drug-likeness (QED) is 0.574. The Labute approximate surface area is 175 Å². The monoisotopic (exact) mass is 432 g/mol. The average molecular weight is 432 g/mol. The maximum atomic E-state index is 13.7. The van der Waals surface area contributed by atoms with Crippen molar-refractivity contribution in [3.8, 4) is 0 Å². The molecule has 2 fully saturated rings. The Morgan fingerprint density at radius 1 is 1.33 bits per heavy atom. The Kier molecular flexibility index (Phi) is 4.64. The van der Waals surface area contributed by atoms with Crippen LogP contribution in [0, 0.1) is 5.41 Å². The highest BCUT2D eigenvalue weighted by Gasteiger charge is 2.47. The molecule has 3 aromatic rings. The summed E-state index contributed by atoms with van der Waals surface area (Å²) in [6.45, 7) is 0.775. The van der Waals surface area contributed by atoms with E-state index in [1.54, 1.807) is 0 Å². The number of fused-ring (bicyclic) bond motifs is 1. The second kappa shape index (κ2) is 7.11. The van der Waals surface area contributed by atoms with Crippen LogP contribution in [0.2, 0.25) is 0 Å². The van der Waals surface area contributed by atoms with Gasteiger partial charge in [0.1, 0.15) is 6.61 Å². The number of aliphatic hydroxyl groups excluding tert-OH is 1. The van der Waals surface area contributed by atoms with Crippen molar-refractivity contribution in [2.45, 2.75) is 31.2 Å². The summed E-state index contributed by atoms with van der Waals surface area (Å²) in [5.74, 6) is -3.39. The number of nitrogens with zero attached hydrogens (tertiary/aromatic N) is 2. The minimum atomic E-state index is -3.36. The van der Waals surface area contributed by atoms with Crippen molar-refractivity contribution < 1.29 is 18.7 Å². The number of carbonyl (C=O) groups is 1. The number of thiophene rings is 1. The number of benzene rings is 1. The number of nitrogens with one attached hydrogen (secondary N) is 2. The van der Waals surface area contributed by atoms with Gasteiger partial charge in [-0.15, -0.1) is 11.3 Å². The van der Waals surface area contributed by atoms with Gasteiger partial charge in [0, 0.05) is 12.6 Å². The van der Waals surface area contributed by atoms with Gasteiger partial charge in [-0.1, -0.05) is 12.1 Å². The molecule has 30 heavy (non-hydrogen) atoms.